The van der Waals surface area contributed by atoms with Crippen LogP contribution in [-0.2, 0) is 0 Å². The molecule has 0 saturated heterocycles. The van der Waals surface area contributed by atoms with Crippen LogP contribution >= 0.6 is 0 Å². The fourth-order valence-corrected chi connectivity index (χ4v) is 2.17. The maximum absolute atomic E-state index is 5.17. The van der Waals surface area contributed by atoms with Crippen LogP contribution in [0.1, 0.15) is 16.7 Å². The molecule has 0 spiro atoms. The van der Waals surface area contributed by atoms with E-state index in [9.17, 15) is 0 Å². The first kappa shape index (κ1) is 11.6. The van der Waals surface area contributed by atoms with Crippen molar-refractivity contribution in [1.29, 1.82) is 0 Å². The quantitative estimate of drug-likeness (QED) is 0.874. The summed E-state index contributed by atoms with van der Waals surface area (Å²) in [5.74, 6) is 0.874. The highest BCUT2D eigenvalue weighted by Crippen LogP contribution is 2.24. The van der Waals surface area contributed by atoms with Crippen LogP contribution < -0.4 is 10.1 Å². The molecule has 2 heteroatoms. The molecule has 0 aromatic heterocycles. The zero-order chi connectivity index (χ0) is 13.1. The molecule has 3 rings (SSSR count). The Morgan fingerprint density at radius 3 is 2.58 bits per heavy atom. The Labute approximate surface area is 113 Å². The lowest BCUT2D eigenvalue weighted by Gasteiger charge is -2.15. The van der Waals surface area contributed by atoms with Gasteiger partial charge in [0.15, 0.2) is 0 Å². The summed E-state index contributed by atoms with van der Waals surface area (Å²) >= 11 is 0. The van der Waals surface area contributed by atoms with E-state index in [2.05, 4.69) is 53.9 Å². The molecule has 0 bridgehead atoms. The summed E-state index contributed by atoms with van der Waals surface area (Å²) in [7, 11) is 1.68. The van der Waals surface area contributed by atoms with Gasteiger partial charge in [-0.2, -0.15) is 0 Å². The van der Waals surface area contributed by atoms with Gasteiger partial charge in [0, 0.05) is 17.5 Å². The Balaban J connectivity index is 1.97. The van der Waals surface area contributed by atoms with Crippen molar-refractivity contribution in [2.75, 3.05) is 7.11 Å². The van der Waals surface area contributed by atoms with Gasteiger partial charge in [-0.25, -0.2) is 0 Å². The van der Waals surface area contributed by atoms with E-state index in [0.29, 0.717) is 0 Å². The monoisotopic (exact) mass is 249 g/mol. The number of ether oxygens (including phenoxy) is 1. The topological polar surface area (TPSA) is 21.3 Å². The van der Waals surface area contributed by atoms with Gasteiger partial charge in [-0.1, -0.05) is 36.4 Å². The molecule has 1 aliphatic rings. The minimum atomic E-state index is 0.874. The summed E-state index contributed by atoms with van der Waals surface area (Å²) in [6.45, 7) is 0. The molecule has 2 aromatic carbocycles. The van der Waals surface area contributed by atoms with E-state index >= 15 is 0 Å². The van der Waals surface area contributed by atoms with Gasteiger partial charge < -0.3 is 10.1 Å². The number of fused-ring (bicyclic) bond motifs is 1. The van der Waals surface area contributed by atoms with E-state index in [-0.39, 0.29) is 0 Å². The molecule has 0 saturated carbocycles. The van der Waals surface area contributed by atoms with Crippen LogP contribution in [0.3, 0.4) is 0 Å². The van der Waals surface area contributed by atoms with Crippen LogP contribution in [-0.4, -0.2) is 7.11 Å². The lowest BCUT2D eigenvalue weighted by molar-refractivity contribution is 0.415. The lowest BCUT2D eigenvalue weighted by atomic mass is 10.0. The first-order valence-electron chi connectivity index (χ1n) is 6.25. The van der Waals surface area contributed by atoms with E-state index in [1.54, 1.807) is 7.11 Å². The number of methoxy groups -OCH3 is 1. The summed E-state index contributed by atoms with van der Waals surface area (Å²) in [5.41, 5.74) is 4.72. The van der Waals surface area contributed by atoms with Crippen molar-refractivity contribution in [3.05, 3.63) is 71.4 Å². The molecule has 94 valence electrons. The maximum Gasteiger partial charge on any atom is 0.118 e. The smallest absolute Gasteiger partial charge is 0.118 e. The Hall–Kier alpha value is -2.48. The minimum absolute atomic E-state index is 0.874. The molecule has 0 amide bonds. The van der Waals surface area contributed by atoms with Crippen LogP contribution in [0.15, 0.2) is 54.7 Å². The molecule has 2 aromatic rings. The largest absolute Gasteiger partial charge is 0.497 e. The van der Waals surface area contributed by atoms with E-state index in [0.717, 1.165) is 17.0 Å². The molecule has 2 nitrogen and oxygen atoms in total. The van der Waals surface area contributed by atoms with Crippen molar-refractivity contribution in [1.82, 2.24) is 5.32 Å². The SMILES string of the molecule is COc1ccc(C=C2NC=Cc3ccccc32)cc1. The van der Waals surface area contributed by atoms with Gasteiger partial charge in [-0.05, 0) is 35.4 Å². The van der Waals surface area contributed by atoms with Gasteiger partial charge in [-0.15, -0.1) is 0 Å². The zero-order valence-electron chi connectivity index (χ0n) is 10.8. The second-order valence-electron chi connectivity index (χ2n) is 4.40. The van der Waals surface area contributed by atoms with Crippen molar-refractivity contribution < 1.29 is 4.74 Å². The Kier molecular flexibility index (Phi) is 3.07. The standard InChI is InChI=1S/C17H15NO/c1-19-15-8-6-13(7-9-15)12-17-16-5-3-2-4-14(16)10-11-18-17/h2-12,18H,1H3. The first-order valence-corrected chi connectivity index (χ1v) is 6.25. The van der Waals surface area contributed by atoms with Crippen molar-refractivity contribution in [2.45, 2.75) is 0 Å². The molecule has 1 N–H and O–H groups in total. The lowest BCUT2D eigenvalue weighted by Crippen LogP contribution is -2.08. The van der Waals surface area contributed by atoms with Gasteiger partial charge in [-0.3, -0.25) is 0 Å². The number of hydrogen-bond donors (Lipinski definition) is 1. The number of nitrogens with one attached hydrogen (secondary N) is 1. The van der Waals surface area contributed by atoms with Crippen molar-refractivity contribution >= 4 is 17.8 Å². The fourth-order valence-electron chi connectivity index (χ4n) is 2.17. The zero-order valence-corrected chi connectivity index (χ0v) is 10.8. The Bertz CT molecular complexity index is 639. The highest BCUT2D eigenvalue weighted by Gasteiger charge is 2.08. The Morgan fingerprint density at radius 2 is 1.79 bits per heavy atom. The van der Waals surface area contributed by atoms with Gasteiger partial charge in [0.1, 0.15) is 5.75 Å². The first-order chi connectivity index (χ1) is 9.36. The van der Waals surface area contributed by atoms with Crippen molar-refractivity contribution in [3.8, 4) is 5.75 Å². The normalized spacial score (nSPS) is 14.9. The fraction of sp³-hybridized carbons (Fsp3) is 0.0588. The summed E-state index contributed by atoms with van der Waals surface area (Å²) < 4.78 is 5.17. The molecular weight excluding hydrogens is 234 g/mol. The van der Waals surface area contributed by atoms with Crippen molar-refractivity contribution in [2.24, 2.45) is 0 Å². The number of rotatable bonds is 2. The second kappa shape index (κ2) is 5.02. The predicted octanol–water partition coefficient (Wildman–Crippen LogP) is 3.77. The molecule has 1 heterocycles. The van der Waals surface area contributed by atoms with Gasteiger partial charge in [0.2, 0.25) is 0 Å². The summed E-state index contributed by atoms with van der Waals surface area (Å²) in [6, 6.07) is 16.4. The van der Waals surface area contributed by atoms with Crippen LogP contribution in [0.4, 0.5) is 0 Å². The van der Waals surface area contributed by atoms with Gasteiger partial charge in [0.25, 0.3) is 0 Å². The van der Waals surface area contributed by atoms with Crippen LogP contribution in [0.2, 0.25) is 0 Å². The van der Waals surface area contributed by atoms with E-state index in [1.807, 2.05) is 18.3 Å². The molecule has 0 radical (unpaired) electrons. The summed E-state index contributed by atoms with van der Waals surface area (Å²) in [6.07, 6.45) is 6.19. The van der Waals surface area contributed by atoms with Gasteiger partial charge >= 0.3 is 0 Å². The third-order valence-corrected chi connectivity index (χ3v) is 3.18. The van der Waals surface area contributed by atoms with E-state index in [4.69, 9.17) is 4.74 Å². The average molecular weight is 249 g/mol. The Morgan fingerprint density at radius 1 is 1.00 bits per heavy atom. The average Bonchev–Trinajstić information content (AvgIpc) is 2.48. The third kappa shape index (κ3) is 2.38. The third-order valence-electron chi connectivity index (χ3n) is 3.18. The highest BCUT2D eigenvalue weighted by molar-refractivity contribution is 5.87. The molecule has 0 atom stereocenters. The molecule has 0 fully saturated rings. The number of hydrogen-bond acceptors (Lipinski definition) is 2. The van der Waals surface area contributed by atoms with Gasteiger partial charge in [0.05, 0.1) is 7.11 Å². The molecule has 1 aliphatic heterocycles. The number of benzene rings is 2. The van der Waals surface area contributed by atoms with Crippen molar-refractivity contribution in [3.63, 3.8) is 0 Å². The molecular formula is C17H15NO. The van der Waals surface area contributed by atoms with Crippen LogP contribution in [0, 0.1) is 0 Å². The highest BCUT2D eigenvalue weighted by atomic mass is 16.5. The maximum atomic E-state index is 5.17. The van der Waals surface area contributed by atoms with Crippen LogP contribution in [0.5, 0.6) is 5.75 Å². The predicted molar refractivity (Wildman–Crippen MR) is 79.5 cm³/mol. The van der Waals surface area contributed by atoms with E-state index < -0.39 is 0 Å². The summed E-state index contributed by atoms with van der Waals surface area (Å²) in [4.78, 5) is 0. The molecule has 19 heavy (non-hydrogen) atoms. The molecule has 0 unspecified atom stereocenters. The minimum Gasteiger partial charge on any atom is -0.497 e. The summed E-state index contributed by atoms with van der Waals surface area (Å²) in [5, 5.41) is 3.30. The molecule has 0 aliphatic carbocycles. The van der Waals surface area contributed by atoms with Crippen LogP contribution in [0.25, 0.3) is 17.8 Å². The van der Waals surface area contributed by atoms with E-state index in [1.165, 1.54) is 11.1 Å². The second-order valence-corrected chi connectivity index (χ2v) is 4.40.